The first kappa shape index (κ1) is 15.3. The van der Waals surface area contributed by atoms with Crippen molar-refractivity contribution in [1.82, 2.24) is 15.2 Å². The molecule has 4 nitrogen and oxygen atoms in total. The van der Waals surface area contributed by atoms with Crippen LogP contribution in [0.15, 0.2) is 42.7 Å². The first-order chi connectivity index (χ1) is 11.2. The summed E-state index contributed by atoms with van der Waals surface area (Å²) in [7, 11) is 0. The molecule has 23 heavy (non-hydrogen) atoms. The molecule has 1 aromatic carbocycles. The van der Waals surface area contributed by atoms with Gasteiger partial charge >= 0.3 is 0 Å². The third kappa shape index (κ3) is 2.84. The number of H-pyrrole nitrogens is 1. The number of nitrogens with two attached hydrogens (primary N) is 1. The molecule has 0 saturated carbocycles. The molecule has 0 amide bonds. The van der Waals surface area contributed by atoms with Gasteiger partial charge in [-0.15, -0.1) is 11.8 Å². The van der Waals surface area contributed by atoms with Crippen molar-refractivity contribution in [2.75, 3.05) is 6.54 Å². The maximum absolute atomic E-state index is 6.05. The zero-order chi connectivity index (χ0) is 16.3. The number of hydrogen-bond acceptors (Lipinski definition) is 3. The molecule has 2 aromatic heterocycles. The summed E-state index contributed by atoms with van der Waals surface area (Å²) in [6, 6.07) is 10.5. The highest BCUT2D eigenvalue weighted by Gasteiger charge is 2.24. The van der Waals surface area contributed by atoms with Crippen LogP contribution in [-0.2, 0) is 5.41 Å². The second kappa shape index (κ2) is 6.23. The van der Waals surface area contributed by atoms with Gasteiger partial charge in [0.05, 0.1) is 6.20 Å². The van der Waals surface area contributed by atoms with E-state index in [2.05, 4.69) is 58.2 Å². The maximum atomic E-state index is 6.05. The van der Waals surface area contributed by atoms with E-state index in [1.807, 2.05) is 19.2 Å². The summed E-state index contributed by atoms with van der Waals surface area (Å²) in [6.45, 7) is 4.58. The lowest BCUT2D eigenvalue weighted by atomic mass is 9.79. The highest BCUT2D eigenvalue weighted by molar-refractivity contribution is 5.92. The standard InChI is InChI=1S/C19H20N4.H2/c1-3-4-9-19(2,13-20)15-7-5-6-14(11-15)16-8-10-21-18-17(16)12-22-23-18;/h5-8,10-12H,9,13,20H2,1-2H3,(H,21,22,23);1H/t19-;/m0./s1. The third-order valence-electron chi connectivity index (χ3n) is 4.33. The highest BCUT2D eigenvalue weighted by Crippen LogP contribution is 2.32. The van der Waals surface area contributed by atoms with Gasteiger partial charge in [0.15, 0.2) is 5.65 Å². The predicted molar refractivity (Wildman–Crippen MR) is 95.9 cm³/mol. The molecule has 2 heterocycles. The van der Waals surface area contributed by atoms with E-state index < -0.39 is 0 Å². The molecule has 0 fully saturated rings. The van der Waals surface area contributed by atoms with Crippen LogP contribution in [0.1, 0.15) is 27.3 Å². The summed E-state index contributed by atoms with van der Waals surface area (Å²) in [5.41, 5.74) is 10.2. The van der Waals surface area contributed by atoms with Crippen LogP contribution in [0, 0.1) is 11.8 Å². The van der Waals surface area contributed by atoms with Crippen molar-refractivity contribution in [1.29, 1.82) is 0 Å². The first-order valence-corrected chi connectivity index (χ1v) is 7.66. The number of benzene rings is 1. The fourth-order valence-corrected chi connectivity index (χ4v) is 2.74. The molecule has 4 heteroatoms. The molecule has 1 atom stereocenters. The molecule has 0 aliphatic rings. The Morgan fingerprint density at radius 1 is 1.35 bits per heavy atom. The van der Waals surface area contributed by atoms with Gasteiger partial charge in [0.2, 0.25) is 0 Å². The number of rotatable bonds is 4. The van der Waals surface area contributed by atoms with Gasteiger partial charge in [-0.25, -0.2) is 4.98 Å². The number of hydrogen-bond donors (Lipinski definition) is 2. The largest absolute Gasteiger partial charge is 0.330 e. The van der Waals surface area contributed by atoms with Crippen molar-refractivity contribution in [3.63, 3.8) is 0 Å². The normalized spacial score (nSPS) is 13.3. The number of aromatic amines is 1. The second-order valence-corrected chi connectivity index (χ2v) is 5.94. The topological polar surface area (TPSA) is 67.6 Å². The van der Waals surface area contributed by atoms with Gasteiger partial charge < -0.3 is 5.73 Å². The SMILES string of the molecule is CC#CC[C@@](C)(CN)c1cccc(-c2ccnc3[nH]ncc23)c1.[HH]. The lowest BCUT2D eigenvalue weighted by Gasteiger charge is -2.27. The Balaban J connectivity index is 0.00000208. The van der Waals surface area contributed by atoms with Crippen molar-refractivity contribution < 1.29 is 1.43 Å². The minimum atomic E-state index is -0.151. The molecule has 0 aliphatic heterocycles. The lowest BCUT2D eigenvalue weighted by molar-refractivity contribution is 0.498. The van der Waals surface area contributed by atoms with Crippen molar-refractivity contribution in [2.45, 2.75) is 25.7 Å². The van der Waals surface area contributed by atoms with Crippen LogP contribution < -0.4 is 5.73 Å². The number of nitrogens with one attached hydrogen (secondary N) is 1. The average molecular weight is 306 g/mol. The summed E-state index contributed by atoms with van der Waals surface area (Å²) in [4.78, 5) is 4.30. The van der Waals surface area contributed by atoms with Crippen molar-refractivity contribution >= 4 is 11.0 Å². The highest BCUT2D eigenvalue weighted by atomic mass is 15.1. The van der Waals surface area contributed by atoms with Gasteiger partial charge in [-0.2, -0.15) is 5.10 Å². The van der Waals surface area contributed by atoms with E-state index in [-0.39, 0.29) is 6.84 Å². The van der Waals surface area contributed by atoms with E-state index in [4.69, 9.17) is 5.73 Å². The third-order valence-corrected chi connectivity index (χ3v) is 4.33. The van der Waals surface area contributed by atoms with Crippen LogP contribution in [-0.4, -0.2) is 21.7 Å². The minimum absolute atomic E-state index is 0. The molecule has 0 unspecified atom stereocenters. The van der Waals surface area contributed by atoms with Crippen LogP contribution in [0.2, 0.25) is 0 Å². The Kier molecular flexibility index (Phi) is 4.14. The van der Waals surface area contributed by atoms with Crippen molar-refractivity contribution in [3.8, 4) is 23.0 Å². The summed E-state index contributed by atoms with van der Waals surface area (Å²) in [5.74, 6) is 6.14. The molecular formula is C19H22N4. The fraction of sp³-hybridized carbons (Fsp3) is 0.263. The molecule has 0 spiro atoms. The van der Waals surface area contributed by atoms with E-state index in [0.29, 0.717) is 6.54 Å². The number of pyridine rings is 1. The van der Waals surface area contributed by atoms with Crippen LogP contribution in [0.5, 0.6) is 0 Å². The molecular weight excluding hydrogens is 284 g/mol. The minimum Gasteiger partial charge on any atom is -0.330 e. The average Bonchev–Trinajstić information content (AvgIpc) is 3.08. The smallest absolute Gasteiger partial charge is 0.155 e. The molecule has 3 N–H and O–H groups in total. The van der Waals surface area contributed by atoms with Gasteiger partial charge in [-0.1, -0.05) is 31.2 Å². The molecule has 0 radical (unpaired) electrons. The summed E-state index contributed by atoms with van der Waals surface area (Å²) in [5, 5.41) is 8.02. The Morgan fingerprint density at radius 3 is 3.00 bits per heavy atom. The van der Waals surface area contributed by atoms with Gasteiger partial charge in [-0.3, -0.25) is 5.10 Å². The Hall–Kier alpha value is -2.64. The Bertz CT molecular complexity index is 891. The number of aromatic nitrogens is 3. The van der Waals surface area contributed by atoms with E-state index in [9.17, 15) is 0 Å². The Labute approximate surface area is 137 Å². The maximum Gasteiger partial charge on any atom is 0.155 e. The summed E-state index contributed by atoms with van der Waals surface area (Å²) in [6.07, 6.45) is 4.36. The Morgan fingerprint density at radius 2 is 2.22 bits per heavy atom. The molecule has 118 valence electrons. The number of fused-ring (bicyclic) bond motifs is 1. The van der Waals surface area contributed by atoms with Gasteiger partial charge in [0, 0.05) is 31.4 Å². The summed E-state index contributed by atoms with van der Waals surface area (Å²) < 4.78 is 0. The van der Waals surface area contributed by atoms with Gasteiger partial charge in [0.1, 0.15) is 0 Å². The predicted octanol–water partition coefficient (Wildman–Crippen LogP) is 3.50. The van der Waals surface area contributed by atoms with Crippen LogP contribution in [0.4, 0.5) is 0 Å². The summed E-state index contributed by atoms with van der Waals surface area (Å²) >= 11 is 0. The van der Waals surface area contributed by atoms with Gasteiger partial charge in [0.25, 0.3) is 0 Å². The van der Waals surface area contributed by atoms with Crippen molar-refractivity contribution in [3.05, 3.63) is 48.3 Å². The van der Waals surface area contributed by atoms with E-state index in [1.165, 1.54) is 5.56 Å². The second-order valence-electron chi connectivity index (χ2n) is 5.94. The number of nitrogens with zero attached hydrogens (tertiary/aromatic N) is 2. The molecule has 0 saturated heterocycles. The van der Waals surface area contributed by atoms with E-state index in [1.54, 1.807) is 6.20 Å². The van der Waals surface area contributed by atoms with Crippen LogP contribution in [0.3, 0.4) is 0 Å². The monoisotopic (exact) mass is 306 g/mol. The van der Waals surface area contributed by atoms with Crippen molar-refractivity contribution in [2.24, 2.45) is 5.73 Å². The van der Waals surface area contributed by atoms with Gasteiger partial charge in [-0.05, 0) is 29.7 Å². The molecule has 0 aliphatic carbocycles. The fourth-order valence-electron chi connectivity index (χ4n) is 2.74. The van der Waals surface area contributed by atoms with E-state index in [0.717, 1.165) is 28.6 Å². The van der Waals surface area contributed by atoms with Crippen LogP contribution in [0.25, 0.3) is 22.2 Å². The zero-order valence-electron chi connectivity index (χ0n) is 13.4. The zero-order valence-corrected chi connectivity index (χ0v) is 13.4. The molecule has 3 rings (SSSR count). The van der Waals surface area contributed by atoms with E-state index >= 15 is 0 Å². The quantitative estimate of drug-likeness (QED) is 0.725. The molecule has 3 aromatic rings. The molecule has 0 bridgehead atoms. The van der Waals surface area contributed by atoms with Crippen LogP contribution >= 0.6 is 0 Å². The lowest BCUT2D eigenvalue weighted by Crippen LogP contribution is -2.31. The first-order valence-electron chi connectivity index (χ1n) is 7.66.